The molecule has 0 aliphatic carbocycles. The molecule has 3 heterocycles. The van der Waals surface area contributed by atoms with Crippen LogP contribution in [0.2, 0.25) is 0 Å². The van der Waals surface area contributed by atoms with Crippen LogP contribution in [-0.2, 0) is 0 Å². The van der Waals surface area contributed by atoms with Gasteiger partial charge in [0.1, 0.15) is 22.3 Å². The van der Waals surface area contributed by atoms with Crippen LogP contribution in [0.3, 0.4) is 0 Å². The second kappa shape index (κ2) is 12.8. The summed E-state index contributed by atoms with van der Waals surface area (Å²) >= 11 is 0. The van der Waals surface area contributed by atoms with Gasteiger partial charge in [0.15, 0.2) is 17.5 Å². The number of fused-ring (bicyclic) bond motifs is 8. The Bertz CT molecular complexity index is 3570. The zero-order valence-electron chi connectivity index (χ0n) is 31.1. The van der Waals surface area contributed by atoms with E-state index in [-0.39, 0.29) is 0 Å². The van der Waals surface area contributed by atoms with Crippen molar-refractivity contribution in [1.82, 2.24) is 15.0 Å². The first kappa shape index (κ1) is 32.4. The Kier molecular flexibility index (Phi) is 7.16. The number of hydrogen-bond donors (Lipinski definition) is 0. The Morgan fingerprint density at radius 3 is 1.81 bits per heavy atom. The third kappa shape index (κ3) is 5.29. The Morgan fingerprint density at radius 1 is 0.293 bits per heavy atom. The maximum Gasteiger partial charge on any atom is 0.164 e. The number of benzene rings is 9. The van der Waals surface area contributed by atoms with Crippen molar-refractivity contribution in [3.05, 3.63) is 188 Å². The van der Waals surface area contributed by atoms with E-state index < -0.39 is 0 Å². The number of para-hydroxylation sites is 2. The van der Waals surface area contributed by atoms with Gasteiger partial charge < -0.3 is 8.83 Å². The van der Waals surface area contributed by atoms with Crippen LogP contribution in [0.15, 0.2) is 197 Å². The molecule has 12 rings (SSSR count). The first-order valence-corrected chi connectivity index (χ1v) is 19.4. The molecule has 5 heteroatoms. The number of aromatic nitrogens is 3. The first-order valence-electron chi connectivity index (χ1n) is 19.4. The highest BCUT2D eigenvalue weighted by atomic mass is 16.3. The van der Waals surface area contributed by atoms with E-state index in [9.17, 15) is 0 Å². The molecule has 0 aliphatic rings. The second-order valence-corrected chi connectivity index (χ2v) is 14.8. The van der Waals surface area contributed by atoms with Crippen LogP contribution in [0.4, 0.5) is 0 Å². The highest BCUT2D eigenvalue weighted by Crippen LogP contribution is 2.41. The minimum atomic E-state index is 0.574. The summed E-state index contributed by atoms with van der Waals surface area (Å²) in [6.07, 6.45) is 0. The van der Waals surface area contributed by atoms with Crippen LogP contribution in [0.1, 0.15) is 0 Å². The summed E-state index contributed by atoms with van der Waals surface area (Å²) in [7, 11) is 0. The van der Waals surface area contributed by atoms with Gasteiger partial charge in [-0.1, -0.05) is 152 Å². The van der Waals surface area contributed by atoms with Gasteiger partial charge in [-0.15, -0.1) is 0 Å². The fourth-order valence-corrected chi connectivity index (χ4v) is 8.42. The molecule has 9 aromatic carbocycles. The number of furan rings is 2. The van der Waals surface area contributed by atoms with Gasteiger partial charge in [0.2, 0.25) is 0 Å². The van der Waals surface area contributed by atoms with Gasteiger partial charge in [-0.25, -0.2) is 15.0 Å². The molecule has 0 radical (unpaired) electrons. The average molecular weight is 742 g/mol. The topological polar surface area (TPSA) is 65.0 Å². The molecular formula is C53H31N3O2. The van der Waals surface area contributed by atoms with Gasteiger partial charge >= 0.3 is 0 Å². The third-order valence-electron chi connectivity index (χ3n) is 11.3. The Hall–Kier alpha value is -7.89. The molecule has 0 saturated carbocycles. The molecular weight excluding hydrogens is 711 g/mol. The molecule has 0 atom stereocenters. The van der Waals surface area contributed by atoms with Crippen LogP contribution in [-0.4, -0.2) is 15.0 Å². The van der Waals surface area contributed by atoms with Crippen LogP contribution < -0.4 is 0 Å². The van der Waals surface area contributed by atoms with Gasteiger partial charge in [0, 0.05) is 43.8 Å². The minimum absolute atomic E-state index is 0.574. The normalized spacial score (nSPS) is 11.8. The predicted molar refractivity (Wildman–Crippen MR) is 237 cm³/mol. The zero-order valence-corrected chi connectivity index (χ0v) is 31.1. The smallest absolute Gasteiger partial charge is 0.164 e. The summed E-state index contributed by atoms with van der Waals surface area (Å²) in [4.78, 5) is 15.6. The van der Waals surface area contributed by atoms with Crippen molar-refractivity contribution < 1.29 is 8.83 Å². The van der Waals surface area contributed by atoms with Crippen LogP contribution >= 0.6 is 0 Å². The summed E-state index contributed by atoms with van der Waals surface area (Å²) in [5, 5.41) is 8.78. The lowest BCUT2D eigenvalue weighted by Crippen LogP contribution is -2.00. The van der Waals surface area contributed by atoms with Crippen LogP contribution in [0, 0.1) is 0 Å². The van der Waals surface area contributed by atoms with Crippen molar-refractivity contribution in [2.24, 2.45) is 0 Å². The van der Waals surface area contributed by atoms with Crippen molar-refractivity contribution in [2.45, 2.75) is 0 Å². The van der Waals surface area contributed by atoms with Crippen molar-refractivity contribution in [1.29, 1.82) is 0 Å². The Morgan fingerprint density at radius 2 is 0.914 bits per heavy atom. The molecule has 0 aliphatic heterocycles. The molecule has 270 valence electrons. The third-order valence-corrected chi connectivity index (χ3v) is 11.3. The molecule has 0 fully saturated rings. The van der Waals surface area contributed by atoms with E-state index in [4.69, 9.17) is 23.8 Å². The quantitative estimate of drug-likeness (QED) is 0.176. The minimum Gasteiger partial charge on any atom is -0.456 e. The van der Waals surface area contributed by atoms with Gasteiger partial charge in [0.25, 0.3) is 0 Å². The second-order valence-electron chi connectivity index (χ2n) is 14.8. The van der Waals surface area contributed by atoms with Crippen molar-refractivity contribution in [3.8, 4) is 56.4 Å². The molecule has 12 aromatic rings. The molecule has 3 aromatic heterocycles. The fraction of sp³-hybridized carbons (Fsp3) is 0. The van der Waals surface area contributed by atoms with Crippen molar-refractivity contribution in [3.63, 3.8) is 0 Å². The highest BCUT2D eigenvalue weighted by Gasteiger charge is 2.20. The summed E-state index contributed by atoms with van der Waals surface area (Å²) in [5.74, 6) is 1.75. The van der Waals surface area contributed by atoms with E-state index in [1.165, 1.54) is 10.8 Å². The van der Waals surface area contributed by atoms with Gasteiger partial charge in [-0.2, -0.15) is 0 Å². The van der Waals surface area contributed by atoms with Gasteiger partial charge in [-0.05, 0) is 74.6 Å². The zero-order chi connectivity index (χ0) is 38.2. The largest absolute Gasteiger partial charge is 0.456 e. The summed E-state index contributed by atoms with van der Waals surface area (Å²) in [6.45, 7) is 0. The lowest BCUT2D eigenvalue weighted by molar-refractivity contribution is 0.669. The molecule has 5 nitrogen and oxygen atoms in total. The SMILES string of the molecule is c1ccc(-c2cccc3c2oc2cccc(-c4nc(-c5ccc(-c6ccc7ccccc7c6)cc5)nc(-c5ccc6cc7c(cc6c5)oc5ccccc57)n4)c23)cc1. The van der Waals surface area contributed by atoms with E-state index in [0.717, 1.165) is 93.6 Å². The lowest BCUT2D eigenvalue weighted by Gasteiger charge is -2.11. The van der Waals surface area contributed by atoms with Gasteiger partial charge in [-0.3, -0.25) is 0 Å². The lowest BCUT2D eigenvalue weighted by atomic mass is 10.00. The standard InChI is InChI=1S/C53H31N3O2/c1-2-11-34(12-3-1)41-15-8-16-43-49-44(17-9-19-47(49)58-50(41)43)53-55-51(35-23-20-33(21-24-35)37-25-22-32-10-4-5-13-36(32)28-37)54-52(56-53)39-27-26-38-30-45-42-14-6-7-18-46(42)57-48(45)31-40(38)29-39/h1-31H. The Balaban J connectivity index is 1.04. The van der Waals surface area contributed by atoms with Crippen LogP contribution in [0.5, 0.6) is 0 Å². The maximum absolute atomic E-state index is 6.64. The van der Waals surface area contributed by atoms with E-state index in [1.807, 2.05) is 36.4 Å². The summed E-state index contributed by atoms with van der Waals surface area (Å²) < 4.78 is 12.9. The molecule has 58 heavy (non-hydrogen) atoms. The summed E-state index contributed by atoms with van der Waals surface area (Å²) in [6, 6.07) is 65.2. The number of nitrogens with zero attached hydrogens (tertiary/aromatic N) is 3. The fourth-order valence-electron chi connectivity index (χ4n) is 8.42. The predicted octanol–water partition coefficient (Wildman–Crippen LogP) is 14.3. The highest BCUT2D eigenvalue weighted by molar-refractivity contribution is 6.15. The summed E-state index contributed by atoms with van der Waals surface area (Å²) in [5.41, 5.74) is 10.4. The first-order chi connectivity index (χ1) is 28.7. The maximum atomic E-state index is 6.64. The molecule has 0 N–H and O–H groups in total. The number of hydrogen-bond acceptors (Lipinski definition) is 5. The van der Waals surface area contributed by atoms with E-state index in [2.05, 4.69) is 152 Å². The molecule has 0 bridgehead atoms. The van der Waals surface area contributed by atoms with Crippen LogP contribution in [0.25, 0.3) is 122 Å². The number of rotatable bonds is 5. The molecule has 0 unspecified atom stereocenters. The van der Waals surface area contributed by atoms with E-state index in [1.54, 1.807) is 0 Å². The Labute approximate surface area is 332 Å². The van der Waals surface area contributed by atoms with Crippen molar-refractivity contribution >= 4 is 65.4 Å². The molecule has 0 saturated heterocycles. The van der Waals surface area contributed by atoms with Crippen molar-refractivity contribution in [2.75, 3.05) is 0 Å². The molecule has 0 spiro atoms. The monoisotopic (exact) mass is 741 g/mol. The van der Waals surface area contributed by atoms with E-state index in [0.29, 0.717) is 17.5 Å². The average Bonchev–Trinajstić information content (AvgIpc) is 3.86. The van der Waals surface area contributed by atoms with E-state index >= 15 is 0 Å². The molecule has 0 amide bonds. The van der Waals surface area contributed by atoms with Gasteiger partial charge in [0.05, 0.1) is 0 Å².